The van der Waals surface area contributed by atoms with E-state index in [1.54, 1.807) is 6.33 Å². The fourth-order valence-corrected chi connectivity index (χ4v) is 4.25. The number of aromatic nitrogens is 2. The van der Waals surface area contributed by atoms with E-state index in [1.165, 1.54) is 0 Å². The number of nitrogens with zero attached hydrogens (tertiary/aromatic N) is 3. The van der Waals surface area contributed by atoms with Crippen LogP contribution in [-0.4, -0.2) is 72.3 Å². The van der Waals surface area contributed by atoms with Crippen molar-refractivity contribution in [3.63, 3.8) is 0 Å². The van der Waals surface area contributed by atoms with Crippen molar-refractivity contribution in [2.24, 2.45) is 0 Å². The van der Waals surface area contributed by atoms with Crippen molar-refractivity contribution in [2.45, 2.75) is 12.4 Å². The van der Waals surface area contributed by atoms with E-state index in [9.17, 15) is 5.11 Å². The standard InChI is InChI=1S/C22H27N5O3/c28-22-23-14-20(27(22)16-5-6-18-19(13-16)25-15-24-18)17-3-1-2-4-21(17)30-12-9-26-7-10-29-11-8-26/h1-6,13,15,20,22-23,28H,7-12,14H2,(H,24,25). The van der Waals surface area contributed by atoms with Crippen molar-refractivity contribution >= 4 is 16.7 Å². The molecule has 5 rings (SSSR count). The van der Waals surface area contributed by atoms with Crippen molar-refractivity contribution in [3.05, 3.63) is 54.4 Å². The molecule has 2 aliphatic heterocycles. The second-order valence-corrected chi connectivity index (χ2v) is 7.65. The Bertz CT molecular complexity index is 988. The topological polar surface area (TPSA) is 85.9 Å². The molecule has 3 aromatic rings. The highest BCUT2D eigenvalue weighted by Crippen LogP contribution is 2.37. The molecule has 2 saturated heterocycles. The van der Waals surface area contributed by atoms with Crippen LogP contribution in [0.3, 0.4) is 0 Å². The quantitative estimate of drug-likeness (QED) is 0.571. The molecule has 30 heavy (non-hydrogen) atoms. The SMILES string of the molecule is OC1NCC(c2ccccc2OCCN2CCOCC2)N1c1ccc2nc[nH]c2c1. The second kappa shape index (κ2) is 8.61. The zero-order valence-electron chi connectivity index (χ0n) is 16.8. The number of hydrogen-bond acceptors (Lipinski definition) is 7. The van der Waals surface area contributed by atoms with E-state index >= 15 is 0 Å². The highest BCUT2D eigenvalue weighted by atomic mass is 16.5. The van der Waals surface area contributed by atoms with Crippen LogP contribution < -0.4 is 15.0 Å². The summed E-state index contributed by atoms with van der Waals surface area (Å²) in [6.07, 6.45) is 0.916. The minimum Gasteiger partial charge on any atom is -0.492 e. The van der Waals surface area contributed by atoms with Gasteiger partial charge in [0.15, 0.2) is 6.35 Å². The van der Waals surface area contributed by atoms with Gasteiger partial charge in [0.05, 0.1) is 36.6 Å². The van der Waals surface area contributed by atoms with Crippen LogP contribution in [0.2, 0.25) is 0 Å². The largest absolute Gasteiger partial charge is 0.492 e. The molecule has 158 valence electrons. The van der Waals surface area contributed by atoms with Crippen molar-refractivity contribution < 1.29 is 14.6 Å². The van der Waals surface area contributed by atoms with Crippen LogP contribution in [0.4, 0.5) is 5.69 Å². The number of para-hydroxylation sites is 1. The average molecular weight is 409 g/mol. The maximum absolute atomic E-state index is 10.7. The molecule has 0 bridgehead atoms. The Hall–Kier alpha value is -2.65. The summed E-state index contributed by atoms with van der Waals surface area (Å²) >= 11 is 0. The molecule has 3 N–H and O–H groups in total. The molecule has 0 spiro atoms. The first-order chi connectivity index (χ1) is 14.8. The normalized spacial score (nSPS) is 22.6. The number of ether oxygens (including phenoxy) is 2. The molecule has 0 radical (unpaired) electrons. The third-order valence-electron chi connectivity index (χ3n) is 5.84. The van der Waals surface area contributed by atoms with Gasteiger partial charge in [0.2, 0.25) is 0 Å². The number of benzene rings is 2. The van der Waals surface area contributed by atoms with E-state index < -0.39 is 6.35 Å². The van der Waals surface area contributed by atoms with Gasteiger partial charge in [0.1, 0.15) is 12.4 Å². The summed E-state index contributed by atoms with van der Waals surface area (Å²) in [7, 11) is 0. The summed E-state index contributed by atoms with van der Waals surface area (Å²) in [6, 6.07) is 14.0. The first-order valence-electron chi connectivity index (χ1n) is 10.4. The Kier molecular flexibility index (Phi) is 5.54. The van der Waals surface area contributed by atoms with Gasteiger partial charge in [-0.1, -0.05) is 18.2 Å². The molecule has 0 amide bonds. The second-order valence-electron chi connectivity index (χ2n) is 7.65. The van der Waals surface area contributed by atoms with Crippen LogP contribution in [0.5, 0.6) is 5.75 Å². The number of morpholine rings is 1. The first kappa shape index (κ1) is 19.3. The number of hydrogen-bond donors (Lipinski definition) is 3. The monoisotopic (exact) mass is 409 g/mol. The highest BCUT2D eigenvalue weighted by Gasteiger charge is 2.34. The molecular weight excluding hydrogens is 382 g/mol. The molecule has 0 saturated carbocycles. The lowest BCUT2D eigenvalue weighted by Crippen LogP contribution is -2.38. The Morgan fingerprint density at radius 3 is 2.93 bits per heavy atom. The third-order valence-corrected chi connectivity index (χ3v) is 5.84. The summed E-state index contributed by atoms with van der Waals surface area (Å²) < 4.78 is 11.6. The van der Waals surface area contributed by atoms with Crippen molar-refractivity contribution in [1.82, 2.24) is 20.2 Å². The van der Waals surface area contributed by atoms with Crippen LogP contribution >= 0.6 is 0 Å². The van der Waals surface area contributed by atoms with Crippen LogP contribution in [0.25, 0.3) is 11.0 Å². The van der Waals surface area contributed by atoms with Gasteiger partial charge in [-0.2, -0.15) is 0 Å². The Morgan fingerprint density at radius 2 is 2.03 bits per heavy atom. The number of anilines is 1. The van der Waals surface area contributed by atoms with E-state index in [4.69, 9.17) is 9.47 Å². The number of H-pyrrole nitrogens is 1. The summed E-state index contributed by atoms with van der Waals surface area (Å²) in [5.74, 6) is 0.860. The molecule has 2 atom stereocenters. The zero-order chi connectivity index (χ0) is 20.3. The van der Waals surface area contributed by atoms with Gasteiger partial charge >= 0.3 is 0 Å². The highest BCUT2D eigenvalue weighted by molar-refractivity contribution is 5.79. The van der Waals surface area contributed by atoms with Crippen molar-refractivity contribution in [2.75, 3.05) is 50.9 Å². The van der Waals surface area contributed by atoms with Gasteiger partial charge in [-0.3, -0.25) is 10.2 Å². The van der Waals surface area contributed by atoms with E-state index in [0.29, 0.717) is 13.2 Å². The number of aliphatic hydroxyl groups excluding tert-OH is 1. The molecule has 0 aliphatic carbocycles. The smallest absolute Gasteiger partial charge is 0.184 e. The van der Waals surface area contributed by atoms with Crippen LogP contribution in [-0.2, 0) is 4.74 Å². The predicted molar refractivity (Wildman–Crippen MR) is 115 cm³/mol. The fourth-order valence-electron chi connectivity index (χ4n) is 4.25. The molecule has 2 aliphatic rings. The van der Waals surface area contributed by atoms with Crippen LogP contribution in [0.15, 0.2) is 48.8 Å². The molecule has 8 heteroatoms. The number of imidazole rings is 1. The minimum absolute atomic E-state index is 0.0417. The van der Waals surface area contributed by atoms with Gasteiger partial charge < -0.3 is 24.5 Å². The lowest BCUT2D eigenvalue weighted by molar-refractivity contribution is 0.0322. The van der Waals surface area contributed by atoms with E-state index in [2.05, 4.69) is 26.3 Å². The zero-order valence-corrected chi connectivity index (χ0v) is 16.8. The first-order valence-corrected chi connectivity index (χ1v) is 10.4. The fraction of sp³-hybridized carbons (Fsp3) is 0.409. The lowest BCUT2D eigenvalue weighted by Gasteiger charge is -2.30. The van der Waals surface area contributed by atoms with Gasteiger partial charge in [0.25, 0.3) is 0 Å². The van der Waals surface area contributed by atoms with Crippen LogP contribution in [0, 0.1) is 0 Å². The summed E-state index contributed by atoms with van der Waals surface area (Å²) in [5.41, 5.74) is 3.84. The van der Waals surface area contributed by atoms with Crippen molar-refractivity contribution in [1.29, 1.82) is 0 Å². The number of aliphatic hydroxyl groups is 1. The number of fused-ring (bicyclic) bond motifs is 1. The molecule has 2 fully saturated rings. The van der Waals surface area contributed by atoms with E-state index in [0.717, 1.165) is 60.9 Å². The third kappa shape index (κ3) is 3.87. The molecule has 2 unspecified atom stereocenters. The Balaban J connectivity index is 1.35. The van der Waals surface area contributed by atoms with Gasteiger partial charge in [-0.25, -0.2) is 4.98 Å². The van der Waals surface area contributed by atoms with Gasteiger partial charge in [-0.05, 0) is 24.3 Å². The summed E-state index contributed by atoms with van der Waals surface area (Å²) in [4.78, 5) is 11.8. The number of aromatic amines is 1. The lowest BCUT2D eigenvalue weighted by atomic mass is 10.0. The number of nitrogens with one attached hydrogen (secondary N) is 2. The van der Waals surface area contributed by atoms with Gasteiger partial charge in [-0.15, -0.1) is 0 Å². The minimum atomic E-state index is -0.767. The van der Waals surface area contributed by atoms with Crippen LogP contribution in [0.1, 0.15) is 11.6 Å². The average Bonchev–Trinajstić information content (AvgIpc) is 3.40. The molecular formula is C22H27N5O3. The van der Waals surface area contributed by atoms with E-state index in [-0.39, 0.29) is 6.04 Å². The molecule has 8 nitrogen and oxygen atoms in total. The maximum Gasteiger partial charge on any atom is 0.184 e. The summed E-state index contributed by atoms with van der Waals surface area (Å²) in [6.45, 7) is 5.62. The Morgan fingerprint density at radius 1 is 1.17 bits per heavy atom. The summed E-state index contributed by atoms with van der Waals surface area (Å²) in [5, 5.41) is 13.8. The van der Waals surface area contributed by atoms with Gasteiger partial charge in [0, 0.05) is 37.4 Å². The molecule has 2 aromatic carbocycles. The Labute approximate surface area is 175 Å². The van der Waals surface area contributed by atoms with E-state index in [1.807, 2.05) is 41.3 Å². The molecule has 1 aromatic heterocycles. The molecule has 3 heterocycles. The number of rotatable bonds is 6. The maximum atomic E-state index is 10.7. The van der Waals surface area contributed by atoms with Crippen molar-refractivity contribution in [3.8, 4) is 5.75 Å². The predicted octanol–water partition coefficient (Wildman–Crippen LogP) is 1.70.